The van der Waals surface area contributed by atoms with Gasteiger partial charge in [0.1, 0.15) is 0 Å². The summed E-state index contributed by atoms with van der Waals surface area (Å²) < 4.78 is 29.3. The van der Waals surface area contributed by atoms with Crippen LogP contribution in [-0.4, -0.2) is 33.9 Å². The molecule has 2 heterocycles. The molecule has 4 rings (SSSR count). The third-order valence-electron chi connectivity index (χ3n) is 4.29. The molecular formula is C20H18N6O3S. The Morgan fingerprint density at radius 3 is 2.33 bits per heavy atom. The monoisotopic (exact) mass is 422 g/mol. The number of amides is 1. The van der Waals surface area contributed by atoms with E-state index in [1.165, 1.54) is 16.6 Å². The SMILES string of the molecule is Cc1cc(C)n2nc(C(=O)Nc3ccccc3NS(=O)(=O)c3ccccc3)nc2n1. The highest BCUT2D eigenvalue weighted by molar-refractivity contribution is 7.92. The summed E-state index contributed by atoms with van der Waals surface area (Å²) in [5, 5.41) is 6.86. The van der Waals surface area contributed by atoms with Crippen molar-refractivity contribution in [2.45, 2.75) is 18.7 Å². The third-order valence-corrected chi connectivity index (χ3v) is 5.68. The first-order chi connectivity index (χ1) is 14.3. The van der Waals surface area contributed by atoms with Crippen LogP contribution in [-0.2, 0) is 10.0 Å². The number of hydrogen-bond acceptors (Lipinski definition) is 6. The number of fused-ring (bicyclic) bond motifs is 1. The Labute approximate surface area is 172 Å². The van der Waals surface area contributed by atoms with Gasteiger partial charge in [-0.1, -0.05) is 30.3 Å². The molecule has 10 heteroatoms. The first-order valence-corrected chi connectivity index (χ1v) is 10.5. The van der Waals surface area contributed by atoms with Crippen LogP contribution in [0.1, 0.15) is 22.0 Å². The number of carbonyl (C=O) groups excluding carboxylic acids is 1. The summed E-state index contributed by atoms with van der Waals surface area (Å²) in [6, 6.07) is 16.3. The average Bonchev–Trinajstić information content (AvgIpc) is 3.14. The van der Waals surface area contributed by atoms with E-state index in [0.29, 0.717) is 5.78 Å². The molecule has 0 fully saturated rings. The topological polar surface area (TPSA) is 118 Å². The van der Waals surface area contributed by atoms with Crippen molar-refractivity contribution in [1.29, 1.82) is 0 Å². The predicted octanol–water partition coefficient (Wildman–Crippen LogP) is 2.79. The van der Waals surface area contributed by atoms with Crippen LogP contribution in [0.15, 0.2) is 65.6 Å². The molecule has 2 aromatic carbocycles. The van der Waals surface area contributed by atoms with Gasteiger partial charge >= 0.3 is 0 Å². The van der Waals surface area contributed by atoms with E-state index in [1.807, 2.05) is 19.9 Å². The van der Waals surface area contributed by atoms with Crippen LogP contribution in [0.3, 0.4) is 0 Å². The summed E-state index contributed by atoms with van der Waals surface area (Å²) in [5.74, 6) is -0.337. The highest BCUT2D eigenvalue weighted by atomic mass is 32.2. The van der Waals surface area contributed by atoms with Gasteiger partial charge in [0.15, 0.2) is 0 Å². The Bertz CT molecular complexity index is 1350. The van der Waals surface area contributed by atoms with E-state index >= 15 is 0 Å². The summed E-state index contributed by atoms with van der Waals surface area (Å²) in [6.45, 7) is 3.67. The van der Waals surface area contributed by atoms with Crippen LogP contribution in [0.5, 0.6) is 0 Å². The highest BCUT2D eigenvalue weighted by Gasteiger charge is 2.19. The molecule has 0 aliphatic rings. The molecule has 0 spiro atoms. The van der Waals surface area contributed by atoms with Gasteiger partial charge < -0.3 is 5.32 Å². The summed E-state index contributed by atoms with van der Waals surface area (Å²) in [5.41, 5.74) is 2.06. The van der Waals surface area contributed by atoms with Crippen molar-refractivity contribution in [2.75, 3.05) is 10.0 Å². The van der Waals surface area contributed by atoms with Crippen molar-refractivity contribution in [1.82, 2.24) is 19.6 Å². The van der Waals surface area contributed by atoms with Gasteiger partial charge in [-0.3, -0.25) is 9.52 Å². The zero-order chi connectivity index (χ0) is 21.3. The number of aryl methyl sites for hydroxylation is 2. The molecule has 1 amide bonds. The van der Waals surface area contributed by atoms with Gasteiger partial charge in [-0.05, 0) is 44.2 Å². The number of anilines is 2. The van der Waals surface area contributed by atoms with Crippen LogP contribution in [0.25, 0.3) is 5.78 Å². The molecule has 0 bridgehead atoms. The van der Waals surface area contributed by atoms with E-state index in [0.717, 1.165) is 11.4 Å². The molecule has 30 heavy (non-hydrogen) atoms. The maximum absolute atomic E-state index is 12.7. The molecule has 9 nitrogen and oxygen atoms in total. The van der Waals surface area contributed by atoms with Crippen LogP contribution < -0.4 is 10.0 Å². The molecule has 0 atom stereocenters. The van der Waals surface area contributed by atoms with Crippen molar-refractivity contribution < 1.29 is 13.2 Å². The molecule has 4 aromatic rings. The number of nitrogens with zero attached hydrogens (tertiary/aromatic N) is 4. The number of sulfonamides is 1. The lowest BCUT2D eigenvalue weighted by atomic mass is 10.2. The van der Waals surface area contributed by atoms with E-state index in [-0.39, 0.29) is 22.1 Å². The minimum absolute atomic E-state index is 0.0723. The predicted molar refractivity (Wildman–Crippen MR) is 112 cm³/mol. The van der Waals surface area contributed by atoms with E-state index in [4.69, 9.17) is 0 Å². The van der Waals surface area contributed by atoms with Gasteiger partial charge in [0, 0.05) is 11.4 Å². The van der Waals surface area contributed by atoms with Gasteiger partial charge in [0.25, 0.3) is 21.7 Å². The number of para-hydroxylation sites is 2. The van der Waals surface area contributed by atoms with Crippen molar-refractivity contribution in [3.05, 3.63) is 77.9 Å². The molecular weight excluding hydrogens is 404 g/mol. The van der Waals surface area contributed by atoms with Crippen molar-refractivity contribution in [3.8, 4) is 0 Å². The van der Waals surface area contributed by atoms with Crippen LogP contribution in [0.2, 0.25) is 0 Å². The first-order valence-electron chi connectivity index (χ1n) is 9.03. The zero-order valence-corrected chi connectivity index (χ0v) is 17.0. The van der Waals surface area contributed by atoms with E-state index in [9.17, 15) is 13.2 Å². The zero-order valence-electron chi connectivity index (χ0n) is 16.2. The maximum atomic E-state index is 12.7. The number of nitrogens with one attached hydrogen (secondary N) is 2. The molecule has 0 radical (unpaired) electrons. The van der Waals surface area contributed by atoms with Gasteiger partial charge in [-0.15, -0.1) is 5.10 Å². The molecule has 0 saturated heterocycles. The molecule has 2 N–H and O–H groups in total. The summed E-state index contributed by atoms with van der Waals surface area (Å²) >= 11 is 0. The van der Waals surface area contributed by atoms with Crippen LogP contribution in [0, 0.1) is 13.8 Å². The Hall–Kier alpha value is -3.79. The standard InChI is InChI=1S/C20H18N6O3S/c1-13-12-14(2)26-20(21-13)23-18(24-26)19(27)22-16-10-6-7-11-17(16)25-30(28,29)15-8-4-3-5-9-15/h3-12,25H,1-2H3,(H,22,27). The summed E-state index contributed by atoms with van der Waals surface area (Å²) in [4.78, 5) is 21.3. The van der Waals surface area contributed by atoms with Crippen LogP contribution >= 0.6 is 0 Å². The molecule has 0 saturated carbocycles. The average molecular weight is 422 g/mol. The quantitative estimate of drug-likeness (QED) is 0.511. The fourth-order valence-electron chi connectivity index (χ4n) is 2.93. The van der Waals surface area contributed by atoms with Gasteiger partial charge in [0.2, 0.25) is 5.82 Å². The fraction of sp³-hybridized carbons (Fsp3) is 0.100. The van der Waals surface area contributed by atoms with Crippen molar-refractivity contribution in [2.24, 2.45) is 0 Å². The second-order valence-electron chi connectivity index (χ2n) is 6.60. The molecule has 152 valence electrons. The minimum atomic E-state index is -3.81. The number of carbonyl (C=O) groups is 1. The second-order valence-corrected chi connectivity index (χ2v) is 8.29. The van der Waals surface area contributed by atoms with Gasteiger partial charge in [-0.25, -0.2) is 17.9 Å². The number of aromatic nitrogens is 4. The fourth-order valence-corrected chi connectivity index (χ4v) is 4.03. The summed E-state index contributed by atoms with van der Waals surface area (Å²) in [7, 11) is -3.81. The Kier molecular flexibility index (Phi) is 4.92. The molecule has 0 unspecified atom stereocenters. The van der Waals surface area contributed by atoms with Gasteiger partial charge in [-0.2, -0.15) is 4.98 Å². The Morgan fingerprint density at radius 2 is 1.60 bits per heavy atom. The Balaban J connectivity index is 1.62. The van der Waals surface area contributed by atoms with E-state index < -0.39 is 15.9 Å². The lowest BCUT2D eigenvalue weighted by Gasteiger charge is -2.12. The second kappa shape index (κ2) is 7.56. The molecule has 2 aromatic heterocycles. The lowest BCUT2D eigenvalue weighted by molar-refractivity contribution is 0.101. The first kappa shape index (κ1) is 19.5. The van der Waals surface area contributed by atoms with Gasteiger partial charge in [0.05, 0.1) is 16.3 Å². The lowest BCUT2D eigenvalue weighted by Crippen LogP contribution is -2.18. The number of rotatable bonds is 5. The van der Waals surface area contributed by atoms with E-state index in [2.05, 4.69) is 25.1 Å². The number of benzene rings is 2. The van der Waals surface area contributed by atoms with Crippen LogP contribution in [0.4, 0.5) is 11.4 Å². The summed E-state index contributed by atoms with van der Waals surface area (Å²) in [6.07, 6.45) is 0. The Morgan fingerprint density at radius 1 is 0.933 bits per heavy atom. The van der Waals surface area contributed by atoms with Crippen molar-refractivity contribution in [3.63, 3.8) is 0 Å². The number of hydrogen-bond donors (Lipinski definition) is 2. The third kappa shape index (κ3) is 3.85. The maximum Gasteiger partial charge on any atom is 0.295 e. The largest absolute Gasteiger partial charge is 0.317 e. The van der Waals surface area contributed by atoms with E-state index in [1.54, 1.807) is 42.5 Å². The highest BCUT2D eigenvalue weighted by Crippen LogP contribution is 2.24. The smallest absolute Gasteiger partial charge is 0.295 e. The minimum Gasteiger partial charge on any atom is -0.317 e. The molecule has 0 aliphatic heterocycles. The normalized spacial score (nSPS) is 11.4. The molecule has 0 aliphatic carbocycles. The van der Waals surface area contributed by atoms with Crippen molar-refractivity contribution >= 4 is 33.1 Å².